The molecule has 1 aromatic rings. The largest absolute Gasteiger partial charge is 0.456 e. The fourth-order valence-corrected chi connectivity index (χ4v) is 3.19. The highest BCUT2D eigenvalue weighted by Crippen LogP contribution is 2.11. The number of amides is 3. The Morgan fingerprint density at radius 2 is 1.97 bits per heavy atom. The summed E-state index contributed by atoms with van der Waals surface area (Å²) in [6.45, 7) is 4.88. The number of esters is 1. The van der Waals surface area contributed by atoms with Crippen molar-refractivity contribution in [2.24, 2.45) is 0 Å². The van der Waals surface area contributed by atoms with Crippen LogP contribution in [0.5, 0.6) is 0 Å². The molecule has 1 aliphatic rings. The maximum absolute atomic E-state index is 14.3. The quantitative estimate of drug-likeness (QED) is 0.215. The Kier molecular flexibility index (Phi) is 10.7. The molecule has 0 radical (unpaired) electrons. The Morgan fingerprint density at radius 1 is 1.23 bits per heavy atom. The molecule has 9 nitrogen and oxygen atoms in total. The van der Waals surface area contributed by atoms with Gasteiger partial charge in [0.15, 0.2) is 11.5 Å². The second kappa shape index (κ2) is 13.4. The van der Waals surface area contributed by atoms with Gasteiger partial charge >= 0.3 is 5.97 Å². The zero-order valence-corrected chi connectivity index (χ0v) is 20.7. The van der Waals surface area contributed by atoms with E-state index in [2.05, 4.69) is 33.6 Å². The molecule has 1 aliphatic heterocycles. The van der Waals surface area contributed by atoms with Crippen LogP contribution in [0.3, 0.4) is 0 Å². The number of ether oxygens (including phenoxy) is 1. The smallest absolute Gasteiger partial charge is 0.333 e. The standard InChI is InChI=1S/C24H29FN4O5S/c1-4-18-22(31)29-19(11-14(2)3)24(33)34-16(7-5-6-10-35)12-20(30)26-13-15-8-9-17(25)21(27-15)23(32)28-18/h4-5,7-9,11,16,19,35H,6,10,12-13H2,1-3H3,(H,26,30)(H,28,32)(H,29,31)/b7-5+,18-4-/t16-,19?/m1/s1. The number of halogens is 1. The number of rotatable bonds is 4. The van der Waals surface area contributed by atoms with E-state index in [0.717, 1.165) is 11.6 Å². The lowest BCUT2D eigenvalue weighted by Gasteiger charge is -2.21. The number of fused-ring (bicyclic) bond motifs is 2. The number of hydrogen-bond acceptors (Lipinski definition) is 7. The predicted octanol–water partition coefficient (Wildman–Crippen LogP) is 2.11. The third-order valence-electron chi connectivity index (χ3n) is 4.71. The first-order valence-corrected chi connectivity index (χ1v) is 11.6. The highest BCUT2D eigenvalue weighted by Gasteiger charge is 2.27. The molecule has 3 amide bonds. The van der Waals surface area contributed by atoms with Gasteiger partial charge in [-0.2, -0.15) is 12.6 Å². The molecule has 3 N–H and O–H groups in total. The molecular weight excluding hydrogens is 475 g/mol. The predicted molar refractivity (Wildman–Crippen MR) is 131 cm³/mol. The highest BCUT2D eigenvalue weighted by molar-refractivity contribution is 7.80. The average Bonchev–Trinajstić information content (AvgIpc) is 2.80. The summed E-state index contributed by atoms with van der Waals surface area (Å²) in [4.78, 5) is 54.9. The lowest BCUT2D eigenvalue weighted by Crippen LogP contribution is -2.45. The van der Waals surface area contributed by atoms with Crippen LogP contribution in [0.25, 0.3) is 0 Å². The first-order valence-electron chi connectivity index (χ1n) is 11.0. The van der Waals surface area contributed by atoms with Crippen molar-refractivity contribution in [2.45, 2.75) is 52.3 Å². The molecule has 188 valence electrons. The van der Waals surface area contributed by atoms with Crippen molar-refractivity contribution in [3.8, 4) is 0 Å². The summed E-state index contributed by atoms with van der Waals surface area (Å²) in [6, 6.07) is 1.18. The van der Waals surface area contributed by atoms with Crippen LogP contribution in [0.1, 0.15) is 49.8 Å². The first-order chi connectivity index (χ1) is 16.6. The molecule has 0 aromatic carbocycles. The summed E-state index contributed by atoms with van der Waals surface area (Å²) in [6.07, 6.45) is 5.62. The van der Waals surface area contributed by atoms with Gasteiger partial charge in [-0.15, -0.1) is 0 Å². The summed E-state index contributed by atoms with van der Waals surface area (Å²) in [7, 11) is 0. The van der Waals surface area contributed by atoms with E-state index in [1.54, 1.807) is 26.0 Å². The second-order valence-corrected chi connectivity index (χ2v) is 8.33. The van der Waals surface area contributed by atoms with Gasteiger partial charge in [0.25, 0.3) is 11.8 Å². The van der Waals surface area contributed by atoms with Crippen molar-refractivity contribution in [1.29, 1.82) is 0 Å². The lowest BCUT2D eigenvalue weighted by molar-refractivity contribution is -0.150. The van der Waals surface area contributed by atoms with E-state index in [4.69, 9.17) is 4.74 Å². The van der Waals surface area contributed by atoms with Crippen LogP contribution in [0, 0.1) is 5.82 Å². The zero-order chi connectivity index (χ0) is 26.0. The molecule has 2 atom stereocenters. The van der Waals surface area contributed by atoms with Gasteiger partial charge in [-0.05, 0) is 51.2 Å². The van der Waals surface area contributed by atoms with Crippen molar-refractivity contribution in [3.05, 3.63) is 64.9 Å². The topological polar surface area (TPSA) is 126 Å². The van der Waals surface area contributed by atoms with Gasteiger partial charge < -0.3 is 20.7 Å². The number of carbonyl (C=O) groups is 4. The number of aromatic nitrogens is 1. The zero-order valence-electron chi connectivity index (χ0n) is 19.8. The summed E-state index contributed by atoms with van der Waals surface area (Å²) in [5, 5.41) is 7.44. The third-order valence-corrected chi connectivity index (χ3v) is 4.97. The van der Waals surface area contributed by atoms with Crippen LogP contribution in [0.2, 0.25) is 0 Å². The number of nitrogens with one attached hydrogen (secondary N) is 3. The molecule has 0 spiro atoms. The Morgan fingerprint density at radius 3 is 2.63 bits per heavy atom. The van der Waals surface area contributed by atoms with E-state index >= 15 is 0 Å². The van der Waals surface area contributed by atoms with E-state index in [0.29, 0.717) is 12.2 Å². The number of cyclic esters (lactones) is 1. The number of carbonyl (C=O) groups excluding carboxylic acids is 4. The normalized spacial score (nSPS) is 21.2. The number of allylic oxidation sites excluding steroid dienone is 3. The van der Waals surface area contributed by atoms with Gasteiger partial charge in [0.2, 0.25) is 5.91 Å². The molecule has 35 heavy (non-hydrogen) atoms. The number of thiol groups is 1. The summed E-state index contributed by atoms with van der Waals surface area (Å²) >= 11 is 4.14. The van der Waals surface area contributed by atoms with Crippen molar-refractivity contribution in [1.82, 2.24) is 20.9 Å². The van der Waals surface area contributed by atoms with Gasteiger partial charge in [-0.25, -0.2) is 14.2 Å². The molecule has 0 saturated carbocycles. The SMILES string of the molecule is C/C=C1\NC(=O)c2nc(ccc2F)CNC(=O)C[C@@H](/C=C/CCS)OC(=O)C(C=C(C)C)NC1=O. The monoisotopic (exact) mass is 504 g/mol. The number of nitrogens with zero attached hydrogens (tertiary/aromatic N) is 1. The maximum atomic E-state index is 14.3. The molecule has 2 bridgehead atoms. The van der Waals surface area contributed by atoms with Gasteiger partial charge in [0, 0.05) is 0 Å². The van der Waals surface area contributed by atoms with Gasteiger partial charge in [-0.1, -0.05) is 23.8 Å². The maximum Gasteiger partial charge on any atom is 0.333 e. The number of pyridine rings is 1. The molecule has 1 aromatic heterocycles. The van der Waals surface area contributed by atoms with E-state index in [-0.39, 0.29) is 24.4 Å². The Labute approximate surface area is 208 Å². The van der Waals surface area contributed by atoms with Crippen molar-refractivity contribution < 1.29 is 28.3 Å². The molecule has 0 aliphatic carbocycles. The Bertz CT molecular complexity index is 1070. The molecular formula is C24H29FN4O5S. The summed E-state index contributed by atoms with van der Waals surface area (Å²) in [5.41, 5.74) is 0.206. The van der Waals surface area contributed by atoms with E-state index in [1.165, 1.54) is 25.1 Å². The van der Waals surface area contributed by atoms with Crippen molar-refractivity contribution in [3.63, 3.8) is 0 Å². The van der Waals surface area contributed by atoms with Crippen LogP contribution in [0.15, 0.2) is 47.7 Å². The third kappa shape index (κ3) is 8.67. The lowest BCUT2D eigenvalue weighted by atomic mass is 10.1. The summed E-state index contributed by atoms with van der Waals surface area (Å²) < 4.78 is 19.8. The Hall–Kier alpha value is -3.47. The van der Waals surface area contributed by atoms with Crippen molar-refractivity contribution >= 4 is 36.3 Å². The molecule has 2 heterocycles. The molecule has 0 saturated heterocycles. The fraction of sp³-hybridized carbons (Fsp3) is 0.375. The van der Waals surface area contributed by atoms with Crippen LogP contribution in [0.4, 0.5) is 4.39 Å². The van der Waals surface area contributed by atoms with E-state index in [9.17, 15) is 23.6 Å². The minimum absolute atomic E-state index is 0.0855. The van der Waals surface area contributed by atoms with Gasteiger partial charge in [0.05, 0.1) is 18.7 Å². The van der Waals surface area contributed by atoms with E-state index < -0.39 is 47.3 Å². The molecule has 2 rings (SSSR count). The second-order valence-electron chi connectivity index (χ2n) is 7.88. The van der Waals surface area contributed by atoms with Gasteiger partial charge in [0.1, 0.15) is 17.8 Å². The van der Waals surface area contributed by atoms with Gasteiger partial charge in [-0.3, -0.25) is 14.4 Å². The molecule has 11 heteroatoms. The Balaban J connectivity index is 2.47. The van der Waals surface area contributed by atoms with E-state index in [1.807, 2.05) is 0 Å². The average molecular weight is 505 g/mol. The summed E-state index contributed by atoms with van der Waals surface area (Å²) in [5.74, 6) is -3.32. The first kappa shape index (κ1) is 27.8. The number of hydrogen-bond donors (Lipinski definition) is 4. The minimum Gasteiger partial charge on any atom is -0.456 e. The molecule has 1 unspecified atom stereocenters. The van der Waals surface area contributed by atoms with Crippen LogP contribution < -0.4 is 16.0 Å². The minimum atomic E-state index is -1.20. The molecule has 0 fully saturated rings. The van der Waals surface area contributed by atoms with Crippen LogP contribution >= 0.6 is 12.6 Å². The van der Waals surface area contributed by atoms with Crippen molar-refractivity contribution in [2.75, 3.05) is 5.75 Å². The fourth-order valence-electron chi connectivity index (χ4n) is 3.04. The highest BCUT2D eigenvalue weighted by atomic mass is 32.1. The van der Waals surface area contributed by atoms with Crippen LogP contribution in [-0.2, 0) is 25.7 Å². The van der Waals surface area contributed by atoms with Crippen LogP contribution in [-0.4, -0.2) is 46.6 Å².